The lowest BCUT2D eigenvalue weighted by Gasteiger charge is -2.06. The molecule has 0 bridgehead atoms. The molecule has 0 radical (unpaired) electrons. The molecule has 1 aliphatic rings. The molecular formula is C14H19N5O. The van der Waals surface area contributed by atoms with Crippen LogP contribution in [-0.4, -0.2) is 32.4 Å². The van der Waals surface area contributed by atoms with Crippen LogP contribution in [0.4, 0.5) is 5.95 Å². The van der Waals surface area contributed by atoms with E-state index in [9.17, 15) is 0 Å². The SMILES string of the molecule is CCOc1ccnc(N[C@@H]2C[C@H]2c2cnn(C)c2C)n1. The minimum Gasteiger partial charge on any atom is -0.478 e. The summed E-state index contributed by atoms with van der Waals surface area (Å²) < 4.78 is 7.29. The molecule has 106 valence electrons. The van der Waals surface area contributed by atoms with Crippen LogP contribution in [0.1, 0.15) is 30.5 Å². The van der Waals surface area contributed by atoms with Gasteiger partial charge in [0.25, 0.3) is 0 Å². The van der Waals surface area contributed by atoms with Crippen molar-refractivity contribution in [1.82, 2.24) is 19.7 Å². The van der Waals surface area contributed by atoms with Crippen LogP contribution in [0.3, 0.4) is 0 Å². The van der Waals surface area contributed by atoms with E-state index < -0.39 is 0 Å². The first kappa shape index (κ1) is 12.9. The Balaban J connectivity index is 1.66. The Kier molecular flexibility index (Phi) is 3.30. The van der Waals surface area contributed by atoms with Crippen LogP contribution in [0.5, 0.6) is 5.88 Å². The lowest BCUT2D eigenvalue weighted by molar-refractivity contribution is 0.326. The molecule has 1 aliphatic carbocycles. The molecule has 2 aromatic heterocycles. The zero-order chi connectivity index (χ0) is 14.1. The third-order valence-electron chi connectivity index (χ3n) is 3.70. The summed E-state index contributed by atoms with van der Waals surface area (Å²) in [4.78, 5) is 8.57. The zero-order valence-electron chi connectivity index (χ0n) is 12.0. The minimum atomic E-state index is 0.384. The van der Waals surface area contributed by atoms with Crippen molar-refractivity contribution in [1.29, 1.82) is 0 Å². The lowest BCUT2D eigenvalue weighted by Crippen LogP contribution is -2.08. The molecule has 1 N–H and O–H groups in total. The molecule has 6 nitrogen and oxygen atoms in total. The van der Waals surface area contributed by atoms with E-state index in [4.69, 9.17) is 4.74 Å². The average molecular weight is 273 g/mol. The molecule has 0 unspecified atom stereocenters. The van der Waals surface area contributed by atoms with Gasteiger partial charge in [-0.15, -0.1) is 0 Å². The van der Waals surface area contributed by atoms with Crippen LogP contribution in [0, 0.1) is 6.92 Å². The van der Waals surface area contributed by atoms with Gasteiger partial charge in [0.1, 0.15) is 0 Å². The number of aromatic nitrogens is 4. The number of hydrogen-bond acceptors (Lipinski definition) is 5. The average Bonchev–Trinajstić information content (AvgIpc) is 3.10. The maximum atomic E-state index is 5.38. The van der Waals surface area contributed by atoms with E-state index in [1.165, 1.54) is 11.3 Å². The third-order valence-corrected chi connectivity index (χ3v) is 3.70. The first-order chi connectivity index (χ1) is 9.69. The molecule has 0 spiro atoms. The maximum Gasteiger partial charge on any atom is 0.226 e. The number of rotatable bonds is 5. The van der Waals surface area contributed by atoms with Gasteiger partial charge in [-0.1, -0.05) is 0 Å². The predicted molar refractivity (Wildman–Crippen MR) is 75.9 cm³/mol. The highest BCUT2D eigenvalue weighted by molar-refractivity contribution is 5.38. The van der Waals surface area contributed by atoms with Gasteiger partial charge in [0.2, 0.25) is 11.8 Å². The van der Waals surface area contributed by atoms with Crippen molar-refractivity contribution in [3.05, 3.63) is 29.7 Å². The molecule has 2 aromatic rings. The van der Waals surface area contributed by atoms with Crippen molar-refractivity contribution in [2.75, 3.05) is 11.9 Å². The maximum absolute atomic E-state index is 5.38. The molecule has 0 aliphatic heterocycles. The zero-order valence-corrected chi connectivity index (χ0v) is 12.0. The number of nitrogens with zero attached hydrogens (tertiary/aromatic N) is 4. The topological polar surface area (TPSA) is 64.9 Å². The fourth-order valence-electron chi connectivity index (χ4n) is 2.38. The molecule has 2 atom stereocenters. The van der Waals surface area contributed by atoms with Gasteiger partial charge in [0, 0.05) is 37.0 Å². The first-order valence-corrected chi connectivity index (χ1v) is 6.90. The van der Waals surface area contributed by atoms with E-state index >= 15 is 0 Å². The molecule has 6 heteroatoms. The van der Waals surface area contributed by atoms with Gasteiger partial charge in [-0.05, 0) is 25.8 Å². The summed E-state index contributed by atoms with van der Waals surface area (Å²) in [7, 11) is 1.97. The summed E-state index contributed by atoms with van der Waals surface area (Å²) >= 11 is 0. The summed E-state index contributed by atoms with van der Waals surface area (Å²) in [5.41, 5.74) is 2.54. The van der Waals surface area contributed by atoms with Crippen LogP contribution in [0.2, 0.25) is 0 Å². The van der Waals surface area contributed by atoms with Crippen molar-refractivity contribution in [3.8, 4) is 5.88 Å². The Morgan fingerprint density at radius 2 is 2.35 bits per heavy atom. The minimum absolute atomic E-state index is 0.384. The molecule has 3 rings (SSSR count). The van der Waals surface area contributed by atoms with E-state index in [-0.39, 0.29) is 0 Å². The molecule has 1 fully saturated rings. The van der Waals surface area contributed by atoms with Gasteiger partial charge in [-0.3, -0.25) is 4.68 Å². The number of ether oxygens (including phenoxy) is 1. The Morgan fingerprint density at radius 1 is 1.50 bits per heavy atom. The molecule has 20 heavy (non-hydrogen) atoms. The normalized spacial score (nSPS) is 20.8. The first-order valence-electron chi connectivity index (χ1n) is 6.90. The van der Waals surface area contributed by atoms with Crippen LogP contribution < -0.4 is 10.1 Å². The molecule has 2 heterocycles. The van der Waals surface area contributed by atoms with Crippen molar-refractivity contribution in [2.24, 2.45) is 7.05 Å². The van der Waals surface area contributed by atoms with E-state index in [1.807, 2.05) is 24.9 Å². The molecule has 1 saturated carbocycles. The summed E-state index contributed by atoms with van der Waals surface area (Å²) in [5, 5.41) is 7.66. The van der Waals surface area contributed by atoms with E-state index in [2.05, 4.69) is 27.3 Å². The summed E-state index contributed by atoms with van der Waals surface area (Å²) in [6.07, 6.45) is 4.76. The molecule has 0 amide bonds. The van der Waals surface area contributed by atoms with Crippen molar-refractivity contribution >= 4 is 5.95 Å². The lowest BCUT2D eigenvalue weighted by atomic mass is 10.1. The molecule has 0 saturated heterocycles. The second kappa shape index (κ2) is 5.11. The van der Waals surface area contributed by atoms with Gasteiger partial charge in [0.15, 0.2) is 0 Å². The smallest absolute Gasteiger partial charge is 0.226 e. The van der Waals surface area contributed by atoms with Crippen molar-refractivity contribution in [3.63, 3.8) is 0 Å². The molecular weight excluding hydrogens is 254 g/mol. The second-order valence-corrected chi connectivity index (χ2v) is 5.05. The predicted octanol–water partition coefficient (Wildman–Crippen LogP) is 1.89. The fraction of sp³-hybridized carbons (Fsp3) is 0.500. The summed E-state index contributed by atoms with van der Waals surface area (Å²) in [5.74, 6) is 1.74. The van der Waals surface area contributed by atoms with Crippen LogP contribution in [-0.2, 0) is 7.05 Å². The van der Waals surface area contributed by atoms with E-state index in [0.29, 0.717) is 30.4 Å². The van der Waals surface area contributed by atoms with E-state index in [1.54, 1.807) is 12.3 Å². The van der Waals surface area contributed by atoms with Crippen molar-refractivity contribution in [2.45, 2.75) is 32.2 Å². The van der Waals surface area contributed by atoms with Crippen LogP contribution in [0.15, 0.2) is 18.5 Å². The van der Waals surface area contributed by atoms with Crippen LogP contribution >= 0.6 is 0 Å². The van der Waals surface area contributed by atoms with Gasteiger partial charge in [-0.25, -0.2) is 4.98 Å². The standard InChI is InChI=1S/C14H19N5O/c1-4-20-13-5-6-15-14(18-13)17-12-7-10(12)11-8-16-19(3)9(11)2/h5-6,8,10,12H,4,7H2,1-3H3,(H,15,17,18)/t10-,12+/m0/s1. The highest BCUT2D eigenvalue weighted by Crippen LogP contribution is 2.43. The van der Waals surface area contributed by atoms with Gasteiger partial charge < -0.3 is 10.1 Å². The highest BCUT2D eigenvalue weighted by atomic mass is 16.5. The number of nitrogens with one attached hydrogen (secondary N) is 1. The Hall–Kier alpha value is -2.11. The van der Waals surface area contributed by atoms with Gasteiger partial charge >= 0.3 is 0 Å². The molecule has 0 aromatic carbocycles. The summed E-state index contributed by atoms with van der Waals surface area (Å²) in [6.45, 7) is 4.65. The fourth-order valence-corrected chi connectivity index (χ4v) is 2.38. The number of aryl methyl sites for hydroxylation is 1. The Bertz CT molecular complexity index is 609. The van der Waals surface area contributed by atoms with Gasteiger partial charge in [-0.2, -0.15) is 10.1 Å². The third kappa shape index (κ3) is 2.45. The van der Waals surface area contributed by atoms with E-state index in [0.717, 1.165) is 6.42 Å². The van der Waals surface area contributed by atoms with Crippen LogP contribution in [0.25, 0.3) is 0 Å². The van der Waals surface area contributed by atoms with Gasteiger partial charge in [0.05, 0.1) is 12.8 Å². The number of anilines is 1. The highest BCUT2D eigenvalue weighted by Gasteiger charge is 2.40. The Labute approximate surface area is 118 Å². The largest absolute Gasteiger partial charge is 0.478 e. The monoisotopic (exact) mass is 273 g/mol. The Morgan fingerprint density at radius 3 is 3.05 bits per heavy atom. The second-order valence-electron chi connectivity index (χ2n) is 5.05. The summed E-state index contributed by atoms with van der Waals surface area (Å²) in [6, 6.07) is 2.15. The number of hydrogen-bond donors (Lipinski definition) is 1. The quantitative estimate of drug-likeness (QED) is 0.901. The van der Waals surface area contributed by atoms with Crippen molar-refractivity contribution < 1.29 is 4.74 Å².